The molecule has 0 atom stereocenters. The predicted octanol–water partition coefficient (Wildman–Crippen LogP) is 3.33. The van der Waals surface area contributed by atoms with Gasteiger partial charge in [-0.2, -0.15) is 0 Å². The Morgan fingerprint density at radius 3 is 2.89 bits per heavy atom. The Morgan fingerprint density at radius 2 is 2.32 bits per heavy atom. The van der Waals surface area contributed by atoms with Crippen LogP contribution in [0.3, 0.4) is 0 Å². The molecule has 8 heteroatoms. The topological polar surface area (TPSA) is 84.7 Å². The smallest absolute Gasteiger partial charge is 0.262 e. The molecule has 0 saturated heterocycles. The zero-order chi connectivity index (χ0) is 13.8. The number of H-pyrrole nitrogens is 1. The summed E-state index contributed by atoms with van der Waals surface area (Å²) in [6, 6.07) is 4.74. The van der Waals surface area contributed by atoms with Gasteiger partial charge in [0.05, 0.1) is 4.92 Å². The van der Waals surface area contributed by atoms with Crippen molar-refractivity contribution in [2.24, 2.45) is 0 Å². The lowest BCUT2D eigenvalue weighted by molar-refractivity contribution is -0.384. The highest BCUT2D eigenvalue weighted by Gasteiger charge is 2.10. The van der Waals surface area contributed by atoms with Crippen molar-refractivity contribution in [1.82, 2.24) is 15.2 Å². The molecule has 0 radical (unpaired) electrons. The van der Waals surface area contributed by atoms with E-state index >= 15 is 0 Å². The largest absolute Gasteiger partial charge is 0.270 e. The molecule has 0 amide bonds. The van der Waals surface area contributed by atoms with Crippen molar-refractivity contribution >= 4 is 33.4 Å². The fourth-order valence-electron chi connectivity index (χ4n) is 1.41. The summed E-state index contributed by atoms with van der Waals surface area (Å²) in [7, 11) is 0. The summed E-state index contributed by atoms with van der Waals surface area (Å²) >= 11 is 4.83. The number of halogens is 1. The van der Waals surface area contributed by atoms with Crippen molar-refractivity contribution in [3.63, 3.8) is 0 Å². The fraction of sp³-hybridized carbons (Fsp3) is 0.273. The second-order valence-corrected chi connectivity index (χ2v) is 5.54. The van der Waals surface area contributed by atoms with Gasteiger partial charge in [-0.1, -0.05) is 40.7 Å². The zero-order valence-electron chi connectivity index (χ0n) is 10.1. The second kappa shape index (κ2) is 6.16. The number of nitrogens with one attached hydrogen (secondary N) is 1. The van der Waals surface area contributed by atoms with Gasteiger partial charge in [-0.05, 0) is 5.56 Å². The molecular formula is C11H11BrN4O2S. The SMILES string of the molecule is CCc1nc(SCc2ccc([N+](=O)[O-])cc2Br)n[nH]1. The summed E-state index contributed by atoms with van der Waals surface area (Å²) in [6.45, 7) is 2.00. The van der Waals surface area contributed by atoms with E-state index in [1.54, 1.807) is 6.07 Å². The van der Waals surface area contributed by atoms with Crippen LogP contribution < -0.4 is 0 Å². The van der Waals surface area contributed by atoms with Gasteiger partial charge in [0, 0.05) is 28.8 Å². The number of nitrogens with zero attached hydrogens (tertiary/aromatic N) is 3. The molecule has 6 nitrogen and oxygen atoms in total. The summed E-state index contributed by atoms with van der Waals surface area (Å²) in [6.07, 6.45) is 0.814. The first-order chi connectivity index (χ1) is 9.10. The number of benzene rings is 1. The highest BCUT2D eigenvalue weighted by molar-refractivity contribution is 9.10. The minimum absolute atomic E-state index is 0.0757. The highest BCUT2D eigenvalue weighted by atomic mass is 79.9. The van der Waals surface area contributed by atoms with Crippen molar-refractivity contribution in [2.45, 2.75) is 24.3 Å². The number of hydrogen-bond donors (Lipinski definition) is 1. The van der Waals surface area contributed by atoms with Gasteiger partial charge in [-0.15, -0.1) is 5.10 Å². The van der Waals surface area contributed by atoms with Crippen LogP contribution in [0.1, 0.15) is 18.3 Å². The Bertz CT molecular complexity index is 602. The molecule has 0 saturated carbocycles. The molecule has 2 rings (SSSR count). The summed E-state index contributed by atoms with van der Waals surface area (Å²) in [5.41, 5.74) is 1.05. The standard InChI is InChI=1S/C11H11BrN4O2S/c1-2-10-13-11(15-14-10)19-6-7-3-4-8(16(17)18)5-9(7)12/h3-5H,2,6H2,1H3,(H,13,14,15). The maximum absolute atomic E-state index is 10.6. The maximum Gasteiger partial charge on any atom is 0.270 e. The summed E-state index contributed by atoms with van der Waals surface area (Å²) in [4.78, 5) is 14.5. The van der Waals surface area contributed by atoms with Crippen molar-refractivity contribution in [3.05, 3.63) is 44.2 Å². The van der Waals surface area contributed by atoms with Gasteiger partial charge in [0.15, 0.2) is 0 Å². The quantitative estimate of drug-likeness (QED) is 0.511. The van der Waals surface area contributed by atoms with Crippen LogP contribution in [0.2, 0.25) is 0 Å². The molecule has 0 spiro atoms. The normalized spacial score (nSPS) is 10.6. The van der Waals surface area contributed by atoms with E-state index in [-0.39, 0.29) is 5.69 Å². The molecule has 0 bridgehead atoms. The van der Waals surface area contributed by atoms with Crippen LogP contribution in [-0.4, -0.2) is 20.1 Å². The molecule has 0 aliphatic rings. The van der Waals surface area contributed by atoms with Crippen LogP contribution in [0.4, 0.5) is 5.69 Å². The van der Waals surface area contributed by atoms with Gasteiger partial charge >= 0.3 is 0 Å². The molecule has 100 valence electrons. The van der Waals surface area contributed by atoms with Crippen molar-refractivity contribution in [1.29, 1.82) is 0 Å². The Morgan fingerprint density at radius 1 is 1.53 bits per heavy atom. The van der Waals surface area contributed by atoms with Crippen LogP contribution >= 0.6 is 27.7 Å². The lowest BCUT2D eigenvalue weighted by Crippen LogP contribution is -1.90. The van der Waals surface area contributed by atoms with Crippen LogP contribution in [0.5, 0.6) is 0 Å². The highest BCUT2D eigenvalue weighted by Crippen LogP contribution is 2.28. The molecule has 0 aliphatic heterocycles. The Balaban J connectivity index is 2.05. The molecule has 0 aliphatic carbocycles. The number of hydrogen-bond acceptors (Lipinski definition) is 5. The lowest BCUT2D eigenvalue weighted by Gasteiger charge is -2.02. The molecular weight excluding hydrogens is 332 g/mol. The van der Waals surface area contributed by atoms with Gasteiger partial charge in [0.2, 0.25) is 5.16 Å². The van der Waals surface area contributed by atoms with E-state index < -0.39 is 4.92 Å². The third-order valence-corrected chi connectivity index (χ3v) is 4.08. The fourth-order valence-corrected chi connectivity index (χ4v) is 2.92. The van der Waals surface area contributed by atoms with Gasteiger partial charge in [-0.3, -0.25) is 15.2 Å². The molecule has 0 unspecified atom stereocenters. The van der Waals surface area contributed by atoms with Gasteiger partial charge in [0.25, 0.3) is 5.69 Å². The number of non-ortho nitro benzene ring substituents is 1. The molecule has 1 aromatic carbocycles. The first-order valence-corrected chi connectivity index (χ1v) is 7.35. The van der Waals surface area contributed by atoms with Gasteiger partial charge in [0.1, 0.15) is 5.82 Å². The minimum Gasteiger partial charge on any atom is -0.262 e. The maximum atomic E-state index is 10.6. The van der Waals surface area contributed by atoms with Crippen LogP contribution in [0.25, 0.3) is 0 Å². The van der Waals surface area contributed by atoms with Gasteiger partial charge in [-0.25, -0.2) is 4.98 Å². The molecule has 1 N–H and O–H groups in total. The predicted molar refractivity (Wildman–Crippen MR) is 76.1 cm³/mol. The summed E-state index contributed by atoms with van der Waals surface area (Å²) in [5.74, 6) is 1.50. The number of aromatic nitrogens is 3. The molecule has 0 fully saturated rings. The van der Waals surface area contributed by atoms with E-state index in [4.69, 9.17) is 0 Å². The average molecular weight is 343 g/mol. The zero-order valence-corrected chi connectivity index (χ0v) is 12.5. The van der Waals surface area contributed by atoms with Crippen LogP contribution in [0.15, 0.2) is 27.8 Å². The van der Waals surface area contributed by atoms with Crippen molar-refractivity contribution in [3.8, 4) is 0 Å². The van der Waals surface area contributed by atoms with Gasteiger partial charge < -0.3 is 0 Å². The number of aryl methyl sites for hydroxylation is 1. The first-order valence-electron chi connectivity index (χ1n) is 5.57. The number of thioether (sulfide) groups is 1. The Labute approximate surface area is 122 Å². The molecule has 2 aromatic rings. The monoisotopic (exact) mass is 342 g/mol. The summed E-state index contributed by atoms with van der Waals surface area (Å²) < 4.78 is 0.723. The number of nitro benzene ring substituents is 1. The third-order valence-electron chi connectivity index (χ3n) is 2.45. The number of rotatable bonds is 5. The number of aromatic amines is 1. The number of nitro groups is 1. The molecule has 1 heterocycles. The average Bonchev–Trinajstić information content (AvgIpc) is 2.85. The van der Waals surface area contributed by atoms with E-state index in [0.717, 1.165) is 22.3 Å². The van der Waals surface area contributed by atoms with Crippen LogP contribution in [-0.2, 0) is 12.2 Å². The van der Waals surface area contributed by atoms with Crippen molar-refractivity contribution in [2.75, 3.05) is 0 Å². The van der Waals surface area contributed by atoms with E-state index in [2.05, 4.69) is 31.1 Å². The minimum atomic E-state index is -0.412. The molecule has 1 aromatic heterocycles. The second-order valence-electron chi connectivity index (χ2n) is 3.74. The molecule has 19 heavy (non-hydrogen) atoms. The first kappa shape index (κ1) is 14.0. The van der Waals surface area contributed by atoms with Crippen molar-refractivity contribution < 1.29 is 4.92 Å². The van der Waals surface area contributed by atoms with E-state index in [1.165, 1.54) is 23.9 Å². The Hall–Kier alpha value is -1.41. The third kappa shape index (κ3) is 3.54. The van der Waals surface area contributed by atoms with E-state index in [0.29, 0.717) is 10.9 Å². The van der Waals surface area contributed by atoms with Crippen LogP contribution in [0, 0.1) is 10.1 Å². The van der Waals surface area contributed by atoms with E-state index in [1.807, 2.05) is 6.92 Å². The Kier molecular flexibility index (Phi) is 4.54. The lowest BCUT2D eigenvalue weighted by atomic mass is 10.2. The summed E-state index contributed by atoms with van der Waals surface area (Å²) in [5, 5.41) is 18.2. The van der Waals surface area contributed by atoms with E-state index in [9.17, 15) is 10.1 Å².